The van der Waals surface area contributed by atoms with Gasteiger partial charge in [0, 0.05) is 17.1 Å². The molecule has 0 amide bonds. The van der Waals surface area contributed by atoms with Crippen molar-refractivity contribution in [1.82, 2.24) is 0 Å². The summed E-state index contributed by atoms with van der Waals surface area (Å²) in [6.07, 6.45) is 0. The van der Waals surface area contributed by atoms with Gasteiger partial charge in [-0.05, 0) is 59.7 Å². The summed E-state index contributed by atoms with van der Waals surface area (Å²) in [6, 6.07) is 36.4. The highest BCUT2D eigenvalue weighted by molar-refractivity contribution is 5.79. The van der Waals surface area contributed by atoms with E-state index in [0.717, 1.165) is 28.2 Å². The Morgan fingerprint density at radius 2 is 1.00 bits per heavy atom. The van der Waals surface area contributed by atoms with E-state index in [-0.39, 0.29) is 5.75 Å². The zero-order valence-electron chi connectivity index (χ0n) is 14.3. The molecule has 126 valence electrons. The number of benzene rings is 4. The van der Waals surface area contributed by atoms with E-state index in [1.807, 2.05) is 24.3 Å². The van der Waals surface area contributed by atoms with Gasteiger partial charge < -0.3 is 10.0 Å². The van der Waals surface area contributed by atoms with E-state index >= 15 is 0 Å². The van der Waals surface area contributed by atoms with E-state index in [1.165, 1.54) is 0 Å². The molecule has 0 unspecified atom stereocenters. The number of rotatable bonds is 4. The SMILES string of the molecule is Oc1ccc(-c2cccc(N(c3ccccc3)c3ccccc3)c2)cc1. The predicted octanol–water partition coefficient (Wildman–Crippen LogP) is 6.53. The Hall–Kier alpha value is -3.52. The fourth-order valence-electron chi connectivity index (χ4n) is 3.08. The second-order valence-corrected chi connectivity index (χ2v) is 6.10. The monoisotopic (exact) mass is 337 g/mol. The number of hydrogen-bond acceptors (Lipinski definition) is 2. The van der Waals surface area contributed by atoms with Gasteiger partial charge >= 0.3 is 0 Å². The van der Waals surface area contributed by atoms with Crippen molar-refractivity contribution in [1.29, 1.82) is 0 Å². The number of anilines is 3. The number of hydrogen-bond donors (Lipinski definition) is 1. The first-order valence-corrected chi connectivity index (χ1v) is 8.61. The molecule has 0 bridgehead atoms. The molecule has 0 spiro atoms. The fourth-order valence-corrected chi connectivity index (χ4v) is 3.08. The third-order valence-electron chi connectivity index (χ3n) is 4.33. The standard InChI is InChI=1S/C24H19NO/c26-24-16-14-19(15-17-24)20-8-7-13-23(18-20)25(21-9-3-1-4-10-21)22-11-5-2-6-12-22/h1-18,26H. The largest absolute Gasteiger partial charge is 0.508 e. The zero-order valence-corrected chi connectivity index (χ0v) is 14.3. The molecule has 26 heavy (non-hydrogen) atoms. The topological polar surface area (TPSA) is 23.5 Å². The van der Waals surface area contributed by atoms with Crippen molar-refractivity contribution in [3.05, 3.63) is 109 Å². The Balaban J connectivity index is 1.82. The van der Waals surface area contributed by atoms with Crippen LogP contribution in [-0.2, 0) is 0 Å². The molecular weight excluding hydrogens is 318 g/mol. The van der Waals surface area contributed by atoms with E-state index in [2.05, 4.69) is 77.7 Å². The Morgan fingerprint density at radius 1 is 0.462 bits per heavy atom. The first-order valence-electron chi connectivity index (χ1n) is 8.61. The van der Waals surface area contributed by atoms with Gasteiger partial charge in [0.05, 0.1) is 0 Å². The minimum atomic E-state index is 0.278. The zero-order chi connectivity index (χ0) is 17.8. The Bertz CT molecular complexity index is 940. The first kappa shape index (κ1) is 16.0. The summed E-state index contributed by atoms with van der Waals surface area (Å²) in [6.45, 7) is 0. The van der Waals surface area contributed by atoms with Crippen molar-refractivity contribution < 1.29 is 5.11 Å². The van der Waals surface area contributed by atoms with Crippen LogP contribution in [0.15, 0.2) is 109 Å². The summed E-state index contributed by atoms with van der Waals surface area (Å²) >= 11 is 0. The van der Waals surface area contributed by atoms with Gasteiger partial charge in [-0.15, -0.1) is 0 Å². The quantitative estimate of drug-likeness (QED) is 0.457. The molecule has 0 atom stereocenters. The molecule has 2 nitrogen and oxygen atoms in total. The highest BCUT2D eigenvalue weighted by atomic mass is 16.3. The Labute approximate surface area is 153 Å². The van der Waals surface area contributed by atoms with Gasteiger partial charge in [-0.1, -0.05) is 60.7 Å². The van der Waals surface area contributed by atoms with Crippen LogP contribution in [0.25, 0.3) is 11.1 Å². The van der Waals surface area contributed by atoms with Gasteiger partial charge in [-0.25, -0.2) is 0 Å². The minimum absolute atomic E-state index is 0.278. The number of para-hydroxylation sites is 2. The number of phenolic OH excluding ortho intramolecular Hbond substituents is 1. The molecule has 4 aromatic rings. The number of aromatic hydroxyl groups is 1. The lowest BCUT2D eigenvalue weighted by molar-refractivity contribution is 0.475. The van der Waals surface area contributed by atoms with Gasteiger partial charge in [-0.3, -0.25) is 0 Å². The van der Waals surface area contributed by atoms with Crippen LogP contribution in [0, 0.1) is 0 Å². The molecule has 0 radical (unpaired) electrons. The average molecular weight is 337 g/mol. The van der Waals surface area contributed by atoms with Crippen molar-refractivity contribution in [2.75, 3.05) is 4.90 Å². The van der Waals surface area contributed by atoms with Crippen molar-refractivity contribution in [3.8, 4) is 16.9 Å². The molecule has 2 heteroatoms. The number of phenols is 1. The lowest BCUT2D eigenvalue weighted by atomic mass is 10.0. The molecule has 0 saturated carbocycles. The molecule has 0 heterocycles. The molecule has 0 aliphatic heterocycles. The highest BCUT2D eigenvalue weighted by Gasteiger charge is 2.12. The summed E-state index contributed by atoms with van der Waals surface area (Å²) in [5.74, 6) is 0.278. The second-order valence-electron chi connectivity index (χ2n) is 6.10. The van der Waals surface area contributed by atoms with Crippen LogP contribution < -0.4 is 4.90 Å². The summed E-state index contributed by atoms with van der Waals surface area (Å²) in [7, 11) is 0. The van der Waals surface area contributed by atoms with Crippen molar-refractivity contribution in [2.45, 2.75) is 0 Å². The maximum absolute atomic E-state index is 9.54. The van der Waals surface area contributed by atoms with Gasteiger partial charge in [0.2, 0.25) is 0 Å². The van der Waals surface area contributed by atoms with Crippen LogP contribution in [0.3, 0.4) is 0 Å². The highest BCUT2D eigenvalue weighted by Crippen LogP contribution is 2.36. The van der Waals surface area contributed by atoms with Crippen LogP contribution in [0.2, 0.25) is 0 Å². The van der Waals surface area contributed by atoms with Gasteiger partial charge in [0.15, 0.2) is 0 Å². The first-order chi connectivity index (χ1) is 12.8. The third kappa shape index (κ3) is 3.31. The molecule has 0 aromatic heterocycles. The van der Waals surface area contributed by atoms with Gasteiger partial charge in [0.1, 0.15) is 5.75 Å². The van der Waals surface area contributed by atoms with Crippen LogP contribution >= 0.6 is 0 Å². The Kier molecular flexibility index (Phi) is 4.40. The normalized spacial score (nSPS) is 10.5. The van der Waals surface area contributed by atoms with Crippen molar-refractivity contribution in [2.24, 2.45) is 0 Å². The summed E-state index contributed by atoms with van der Waals surface area (Å²) in [4.78, 5) is 2.24. The third-order valence-corrected chi connectivity index (χ3v) is 4.33. The van der Waals surface area contributed by atoms with Gasteiger partial charge in [0.25, 0.3) is 0 Å². The predicted molar refractivity (Wildman–Crippen MR) is 108 cm³/mol. The minimum Gasteiger partial charge on any atom is -0.508 e. The van der Waals surface area contributed by atoms with Crippen LogP contribution in [0.4, 0.5) is 17.1 Å². The smallest absolute Gasteiger partial charge is 0.115 e. The molecular formula is C24H19NO. The maximum atomic E-state index is 9.54. The average Bonchev–Trinajstić information content (AvgIpc) is 2.71. The summed E-state index contributed by atoms with van der Waals surface area (Å²) in [5.41, 5.74) is 5.50. The molecule has 4 aromatic carbocycles. The molecule has 1 N–H and O–H groups in total. The lowest BCUT2D eigenvalue weighted by Gasteiger charge is -2.25. The van der Waals surface area contributed by atoms with E-state index in [9.17, 15) is 5.11 Å². The van der Waals surface area contributed by atoms with Crippen molar-refractivity contribution >= 4 is 17.1 Å². The van der Waals surface area contributed by atoms with Crippen LogP contribution in [0.5, 0.6) is 5.75 Å². The lowest BCUT2D eigenvalue weighted by Crippen LogP contribution is -2.09. The van der Waals surface area contributed by atoms with E-state index in [1.54, 1.807) is 12.1 Å². The van der Waals surface area contributed by atoms with Crippen LogP contribution in [0.1, 0.15) is 0 Å². The number of nitrogens with zero attached hydrogens (tertiary/aromatic N) is 1. The van der Waals surface area contributed by atoms with E-state index < -0.39 is 0 Å². The molecule has 0 fully saturated rings. The van der Waals surface area contributed by atoms with Crippen LogP contribution in [-0.4, -0.2) is 5.11 Å². The van der Waals surface area contributed by atoms with E-state index in [0.29, 0.717) is 0 Å². The Morgan fingerprint density at radius 3 is 1.58 bits per heavy atom. The van der Waals surface area contributed by atoms with Crippen molar-refractivity contribution in [3.63, 3.8) is 0 Å². The molecule has 0 aliphatic rings. The van der Waals surface area contributed by atoms with Gasteiger partial charge in [-0.2, -0.15) is 0 Å². The molecule has 0 saturated heterocycles. The molecule has 0 aliphatic carbocycles. The summed E-state index contributed by atoms with van der Waals surface area (Å²) < 4.78 is 0. The maximum Gasteiger partial charge on any atom is 0.115 e. The fraction of sp³-hybridized carbons (Fsp3) is 0. The summed E-state index contributed by atoms with van der Waals surface area (Å²) in [5, 5.41) is 9.54. The second kappa shape index (κ2) is 7.16. The van der Waals surface area contributed by atoms with E-state index in [4.69, 9.17) is 0 Å². The molecule has 4 rings (SSSR count).